The number of ether oxygens (including phenoxy) is 1. The van der Waals surface area contributed by atoms with E-state index in [1.807, 2.05) is 0 Å². The van der Waals surface area contributed by atoms with Gasteiger partial charge in [-0.1, -0.05) is 11.6 Å². The predicted octanol–water partition coefficient (Wildman–Crippen LogP) is 3.51. The summed E-state index contributed by atoms with van der Waals surface area (Å²) in [5, 5.41) is -0.203. The Morgan fingerprint density at radius 2 is 2.20 bits per heavy atom. The molecule has 0 spiro atoms. The molecule has 15 heavy (non-hydrogen) atoms. The Morgan fingerprint density at radius 3 is 2.80 bits per heavy atom. The van der Waals surface area contributed by atoms with Crippen molar-refractivity contribution in [2.45, 2.75) is 12.8 Å². The average molecular weight is 245 g/mol. The summed E-state index contributed by atoms with van der Waals surface area (Å²) in [6.45, 7) is 0.706. The standard InChI is InChI=1S/C11H10Cl2O2/c12-10-4-3-8(5-9(10)11(13)14)15-6-7-1-2-7/h3-5,7H,1-2,6H2. The number of halogens is 2. The lowest BCUT2D eigenvalue weighted by Crippen LogP contribution is -2.00. The molecule has 0 atom stereocenters. The molecular formula is C11H10Cl2O2. The third-order valence-electron chi connectivity index (χ3n) is 2.33. The van der Waals surface area contributed by atoms with Gasteiger partial charge in [-0.15, -0.1) is 0 Å². The van der Waals surface area contributed by atoms with Crippen molar-refractivity contribution in [3.8, 4) is 5.75 Å². The summed E-state index contributed by atoms with van der Waals surface area (Å²) in [4.78, 5) is 11.0. The Labute approximate surface area is 98.1 Å². The SMILES string of the molecule is O=C(Cl)c1cc(OCC2CC2)ccc1Cl. The molecule has 1 fully saturated rings. The van der Waals surface area contributed by atoms with E-state index in [2.05, 4.69) is 0 Å². The van der Waals surface area contributed by atoms with Gasteiger partial charge >= 0.3 is 0 Å². The number of hydrogen-bond acceptors (Lipinski definition) is 2. The first-order valence-corrected chi connectivity index (χ1v) is 5.54. The predicted molar refractivity (Wildman–Crippen MR) is 59.9 cm³/mol. The molecule has 0 bridgehead atoms. The topological polar surface area (TPSA) is 26.3 Å². The zero-order chi connectivity index (χ0) is 10.8. The molecule has 1 aliphatic rings. The molecule has 0 aromatic heterocycles. The van der Waals surface area contributed by atoms with Crippen LogP contribution in [-0.2, 0) is 0 Å². The lowest BCUT2D eigenvalue weighted by Gasteiger charge is -2.06. The molecular weight excluding hydrogens is 235 g/mol. The van der Waals surface area contributed by atoms with E-state index < -0.39 is 5.24 Å². The molecule has 0 heterocycles. The molecule has 0 radical (unpaired) electrons. The molecule has 0 saturated heterocycles. The summed E-state index contributed by atoms with van der Waals surface area (Å²) in [7, 11) is 0. The van der Waals surface area contributed by atoms with Gasteiger partial charge in [-0.3, -0.25) is 4.79 Å². The minimum Gasteiger partial charge on any atom is -0.493 e. The van der Waals surface area contributed by atoms with Crippen LogP contribution in [0.15, 0.2) is 18.2 Å². The van der Waals surface area contributed by atoms with E-state index in [-0.39, 0.29) is 0 Å². The normalized spacial score (nSPS) is 15.1. The second kappa shape index (κ2) is 4.42. The molecule has 1 aliphatic carbocycles. The van der Waals surface area contributed by atoms with Crippen molar-refractivity contribution in [3.63, 3.8) is 0 Å². The summed E-state index contributed by atoms with van der Waals surface area (Å²) in [5.41, 5.74) is 0.298. The Kier molecular flexibility index (Phi) is 3.17. The van der Waals surface area contributed by atoms with Gasteiger partial charge in [-0.25, -0.2) is 0 Å². The molecule has 2 nitrogen and oxygen atoms in total. The maximum atomic E-state index is 11.0. The summed E-state index contributed by atoms with van der Waals surface area (Å²) < 4.78 is 5.51. The van der Waals surface area contributed by atoms with Crippen LogP contribution in [0.4, 0.5) is 0 Å². The highest BCUT2D eigenvalue weighted by Gasteiger charge is 2.22. The highest BCUT2D eigenvalue weighted by molar-refractivity contribution is 6.68. The Morgan fingerprint density at radius 1 is 1.47 bits per heavy atom. The third kappa shape index (κ3) is 2.86. The molecule has 0 unspecified atom stereocenters. The first-order chi connectivity index (χ1) is 7.16. The van der Waals surface area contributed by atoms with Crippen LogP contribution in [-0.4, -0.2) is 11.8 Å². The summed E-state index contributed by atoms with van der Waals surface area (Å²) in [6.07, 6.45) is 2.46. The van der Waals surface area contributed by atoms with E-state index in [1.54, 1.807) is 18.2 Å². The van der Waals surface area contributed by atoms with E-state index in [0.717, 1.165) is 0 Å². The van der Waals surface area contributed by atoms with Gasteiger partial charge in [0.2, 0.25) is 0 Å². The Bertz CT molecular complexity index is 386. The van der Waals surface area contributed by atoms with Gasteiger partial charge in [0.15, 0.2) is 0 Å². The molecule has 0 amide bonds. The van der Waals surface area contributed by atoms with E-state index in [4.69, 9.17) is 27.9 Å². The van der Waals surface area contributed by atoms with E-state index in [0.29, 0.717) is 28.9 Å². The van der Waals surface area contributed by atoms with Crippen LogP contribution in [0.5, 0.6) is 5.75 Å². The van der Waals surface area contributed by atoms with Crippen molar-refractivity contribution in [1.82, 2.24) is 0 Å². The van der Waals surface area contributed by atoms with Gasteiger partial charge in [0.25, 0.3) is 5.24 Å². The second-order valence-corrected chi connectivity index (χ2v) is 4.42. The number of carbonyl (C=O) groups excluding carboxylic acids is 1. The van der Waals surface area contributed by atoms with Crippen molar-refractivity contribution in [2.24, 2.45) is 5.92 Å². The number of carbonyl (C=O) groups is 1. The second-order valence-electron chi connectivity index (χ2n) is 3.67. The highest BCUT2D eigenvalue weighted by atomic mass is 35.5. The average Bonchev–Trinajstić information content (AvgIpc) is 3.00. The van der Waals surface area contributed by atoms with Crippen LogP contribution in [0.25, 0.3) is 0 Å². The molecule has 1 aromatic rings. The quantitative estimate of drug-likeness (QED) is 0.758. The van der Waals surface area contributed by atoms with Crippen LogP contribution >= 0.6 is 23.2 Å². The zero-order valence-corrected chi connectivity index (χ0v) is 9.52. The number of benzene rings is 1. The Balaban J connectivity index is 2.10. The minimum atomic E-state index is -0.558. The van der Waals surface area contributed by atoms with Gasteiger partial charge < -0.3 is 4.74 Å². The fourth-order valence-electron chi connectivity index (χ4n) is 1.24. The Hall–Kier alpha value is -0.730. The fraction of sp³-hybridized carbons (Fsp3) is 0.364. The van der Waals surface area contributed by atoms with Gasteiger partial charge in [-0.2, -0.15) is 0 Å². The summed E-state index contributed by atoms with van der Waals surface area (Å²) in [5.74, 6) is 1.33. The lowest BCUT2D eigenvalue weighted by molar-refractivity contribution is 0.108. The molecule has 2 rings (SSSR count). The van der Waals surface area contributed by atoms with Crippen LogP contribution in [0.3, 0.4) is 0 Å². The molecule has 0 N–H and O–H groups in total. The number of hydrogen-bond donors (Lipinski definition) is 0. The van der Waals surface area contributed by atoms with E-state index >= 15 is 0 Å². The van der Waals surface area contributed by atoms with Crippen LogP contribution < -0.4 is 4.74 Å². The summed E-state index contributed by atoms with van der Waals surface area (Å²) >= 11 is 11.2. The lowest BCUT2D eigenvalue weighted by atomic mass is 10.2. The first kappa shape index (κ1) is 10.8. The smallest absolute Gasteiger partial charge is 0.254 e. The fourth-order valence-corrected chi connectivity index (χ4v) is 1.65. The third-order valence-corrected chi connectivity index (χ3v) is 2.87. The molecule has 80 valence electrons. The van der Waals surface area contributed by atoms with Crippen molar-refractivity contribution in [2.75, 3.05) is 6.61 Å². The highest BCUT2D eigenvalue weighted by Crippen LogP contribution is 2.30. The van der Waals surface area contributed by atoms with E-state index in [9.17, 15) is 4.79 Å². The van der Waals surface area contributed by atoms with Crippen molar-refractivity contribution in [1.29, 1.82) is 0 Å². The zero-order valence-electron chi connectivity index (χ0n) is 8.00. The summed E-state index contributed by atoms with van der Waals surface area (Å²) in [6, 6.07) is 4.95. The molecule has 1 saturated carbocycles. The monoisotopic (exact) mass is 244 g/mol. The van der Waals surface area contributed by atoms with Crippen molar-refractivity contribution >= 4 is 28.4 Å². The maximum absolute atomic E-state index is 11.0. The van der Waals surface area contributed by atoms with E-state index in [1.165, 1.54) is 12.8 Å². The van der Waals surface area contributed by atoms with Gasteiger partial charge in [0.05, 0.1) is 17.2 Å². The largest absolute Gasteiger partial charge is 0.493 e. The number of rotatable bonds is 4. The first-order valence-electron chi connectivity index (χ1n) is 4.79. The van der Waals surface area contributed by atoms with Crippen molar-refractivity contribution in [3.05, 3.63) is 28.8 Å². The molecule has 1 aromatic carbocycles. The van der Waals surface area contributed by atoms with Crippen LogP contribution in [0.1, 0.15) is 23.2 Å². The van der Waals surface area contributed by atoms with Gasteiger partial charge in [-0.05, 0) is 48.6 Å². The maximum Gasteiger partial charge on any atom is 0.254 e. The molecule has 0 aliphatic heterocycles. The van der Waals surface area contributed by atoms with Crippen LogP contribution in [0.2, 0.25) is 5.02 Å². The van der Waals surface area contributed by atoms with Gasteiger partial charge in [0.1, 0.15) is 5.75 Å². The van der Waals surface area contributed by atoms with Crippen LogP contribution in [0, 0.1) is 5.92 Å². The minimum absolute atomic E-state index is 0.298. The van der Waals surface area contributed by atoms with Gasteiger partial charge in [0, 0.05) is 0 Å². The van der Waals surface area contributed by atoms with Crippen molar-refractivity contribution < 1.29 is 9.53 Å². The molecule has 4 heteroatoms.